The van der Waals surface area contributed by atoms with Crippen molar-refractivity contribution in [2.75, 3.05) is 6.61 Å². The number of ether oxygens (including phenoxy) is 1. The minimum Gasteiger partial charge on any atom is -0.494 e. The van der Waals surface area contributed by atoms with Crippen molar-refractivity contribution in [2.45, 2.75) is 116 Å². The van der Waals surface area contributed by atoms with Crippen LogP contribution in [-0.2, 0) is 28.5 Å². The van der Waals surface area contributed by atoms with Gasteiger partial charge in [-0.25, -0.2) is 0 Å². The van der Waals surface area contributed by atoms with Crippen LogP contribution >= 0.6 is 7.60 Å². The number of fused-ring (bicyclic) bond motifs is 5. The van der Waals surface area contributed by atoms with E-state index in [-0.39, 0.29) is 23.5 Å². The van der Waals surface area contributed by atoms with E-state index in [9.17, 15) is 19.1 Å². The topological polar surface area (TPSA) is 87.1 Å². The van der Waals surface area contributed by atoms with Crippen LogP contribution in [0.15, 0.2) is 42.5 Å². The second kappa shape index (κ2) is 13.2. The van der Waals surface area contributed by atoms with Gasteiger partial charge in [-0.2, -0.15) is 0 Å². The van der Waals surface area contributed by atoms with Crippen LogP contribution in [0.4, 0.5) is 0 Å². The van der Waals surface area contributed by atoms with Crippen molar-refractivity contribution in [2.24, 2.45) is 17.3 Å². The van der Waals surface area contributed by atoms with E-state index in [0.717, 1.165) is 62.9 Å². The molecular formula is C35H50NO5P. The molecule has 6 nitrogen and oxygen atoms in total. The molecule has 1 amide bonds. The SMILES string of the molecule is CCCCCC(=O)N(Cc1ccc(CP(=O)(O)O)cc1)[C@H]1CC[C@H]2[C@@H]3CCc4cc(OCCC)ccc4[C@H]3CC[C@]12C. The normalized spacial score (nSPS) is 26.7. The molecule has 230 valence electrons. The second-order valence-corrected chi connectivity index (χ2v) is 15.0. The fourth-order valence-electron chi connectivity index (χ4n) is 8.58. The van der Waals surface area contributed by atoms with Crippen molar-refractivity contribution in [3.05, 3.63) is 64.7 Å². The number of nitrogens with zero attached hydrogens (tertiary/aromatic N) is 1. The Balaban J connectivity index is 1.35. The van der Waals surface area contributed by atoms with Gasteiger partial charge in [0.25, 0.3) is 0 Å². The first kappa shape index (κ1) is 31.3. The van der Waals surface area contributed by atoms with Crippen LogP contribution in [0.5, 0.6) is 5.75 Å². The maximum Gasteiger partial charge on any atom is 0.329 e. The highest BCUT2D eigenvalue weighted by atomic mass is 31.2. The molecule has 2 aromatic rings. The van der Waals surface area contributed by atoms with E-state index in [1.54, 1.807) is 12.1 Å². The summed E-state index contributed by atoms with van der Waals surface area (Å²) >= 11 is 0. The van der Waals surface area contributed by atoms with Crippen LogP contribution in [0, 0.1) is 17.3 Å². The Bertz CT molecular complexity index is 1270. The van der Waals surface area contributed by atoms with Gasteiger partial charge in [-0.3, -0.25) is 9.36 Å². The Kier molecular flexibility index (Phi) is 9.86. The first-order chi connectivity index (χ1) is 20.1. The van der Waals surface area contributed by atoms with E-state index in [1.165, 1.54) is 30.4 Å². The van der Waals surface area contributed by atoms with Gasteiger partial charge in [0.1, 0.15) is 5.75 Å². The molecule has 0 aliphatic heterocycles. The van der Waals surface area contributed by atoms with E-state index < -0.39 is 7.60 Å². The zero-order valence-corrected chi connectivity index (χ0v) is 26.7. The van der Waals surface area contributed by atoms with E-state index in [2.05, 4.69) is 43.9 Å². The highest BCUT2D eigenvalue weighted by molar-refractivity contribution is 7.50. The van der Waals surface area contributed by atoms with Gasteiger partial charge in [0.2, 0.25) is 5.91 Å². The van der Waals surface area contributed by atoms with Crippen LogP contribution in [0.2, 0.25) is 0 Å². The molecule has 2 N–H and O–H groups in total. The number of amides is 1. The lowest BCUT2D eigenvalue weighted by atomic mass is 9.55. The summed E-state index contributed by atoms with van der Waals surface area (Å²) in [5.41, 5.74) is 4.76. The fourth-order valence-corrected chi connectivity index (χ4v) is 9.27. The van der Waals surface area contributed by atoms with Crippen molar-refractivity contribution in [1.29, 1.82) is 0 Å². The zero-order chi connectivity index (χ0) is 29.9. The number of hydrogen-bond acceptors (Lipinski definition) is 3. The molecule has 5 rings (SSSR count). The molecule has 3 aliphatic carbocycles. The summed E-state index contributed by atoms with van der Waals surface area (Å²) in [5, 5.41) is 0. The molecule has 3 aliphatic rings. The summed E-state index contributed by atoms with van der Waals surface area (Å²) in [6, 6.07) is 14.5. The number of carbonyl (C=O) groups excluding carboxylic acids is 1. The summed E-state index contributed by atoms with van der Waals surface area (Å²) < 4.78 is 17.4. The lowest BCUT2D eigenvalue weighted by molar-refractivity contribution is -0.138. The molecule has 0 radical (unpaired) electrons. The van der Waals surface area contributed by atoms with Crippen LogP contribution < -0.4 is 4.74 Å². The van der Waals surface area contributed by atoms with Crippen molar-refractivity contribution in [1.82, 2.24) is 4.90 Å². The summed E-state index contributed by atoms with van der Waals surface area (Å²) in [7, 11) is -4.11. The molecule has 0 saturated heterocycles. The Morgan fingerprint density at radius 2 is 1.76 bits per heavy atom. The molecule has 0 bridgehead atoms. The summed E-state index contributed by atoms with van der Waals surface area (Å²) in [6.07, 6.45) is 11.3. The van der Waals surface area contributed by atoms with E-state index in [0.29, 0.717) is 36.3 Å². The van der Waals surface area contributed by atoms with Gasteiger partial charge in [0, 0.05) is 19.0 Å². The quantitative estimate of drug-likeness (QED) is 0.192. The lowest BCUT2D eigenvalue weighted by Gasteiger charge is -2.52. The molecule has 0 unspecified atom stereocenters. The number of aryl methyl sites for hydroxylation is 1. The molecule has 0 heterocycles. The van der Waals surface area contributed by atoms with Crippen LogP contribution in [0.3, 0.4) is 0 Å². The molecule has 0 spiro atoms. The lowest BCUT2D eigenvalue weighted by Crippen LogP contribution is -2.51. The Morgan fingerprint density at radius 3 is 2.48 bits per heavy atom. The molecule has 7 heteroatoms. The standard InChI is InChI=1S/C35H50NO5P/c1-4-6-7-8-34(37)36(23-25-9-11-26(12-10-25)24-42(38,39)40)33-18-17-32-31-15-13-27-22-28(41-21-5-2)14-16-29(27)30(31)19-20-35(32,33)3/h9-12,14,16,22,30-33H,4-8,13,15,17-21,23-24H2,1-3H3,(H2,38,39,40)/t30-,31-,32+,33+,35+/m1/s1. The first-order valence-electron chi connectivity index (χ1n) is 16.3. The molecule has 42 heavy (non-hydrogen) atoms. The molecule has 2 saturated carbocycles. The third kappa shape index (κ3) is 6.82. The third-order valence-corrected chi connectivity index (χ3v) is 11.4. The highest BCUT2D eigenvalue weighted by Crippen LogP contribution is 2.62. The van der Waals surface area contributed by atoms with Crippen LogP contribution in [-0.4, -0.2) is 33.2 Å². The van der Waals surface area contributed by atoms with Gasteiger partial charge in [0.05, 0.1) is 12.8 Å². The fraction of sp³-hybridized carbons (Fsp3) is 0.629. The average Bonchev–Trinajstić information content (AvgIpc) is 3.31. The van der Waals surface area contributed by atoms with E-state index >= 15 is 0 Å². The van der Waals surface area contributed by atoms with Crippen LogP contribution in [0.25, 0.3) is 0 Å². The Hall–Kier alpha value is -2.14. The average molecular weight is 596 g/mol. The predicted molar refractivity (Wildman–Crippen MR) is 168 cm³/mol. The summed E-state index contributed by atoms with van der Waals surface area (Å²) in [4.78, 5) is 34.8. The number of carbonyl (C=O) groups is 1. The largest absolute Gasteiger partial charge is 0.494 e. The molecule has 5 atom stereocenters. The maximum atomic E-state index is 13.8. The Labute approximate surface area is 252 Å². The molecule has 2 aromatic carbocycles. The van der Waals surface area contributed by atoms with Crippen LogP contribution in [0.1, 0.15) is 113 Å². The number of benzene rings is 2. The predicted octanol–water partition coefficient (Wildman–Crippen LogP) is 7.99. The van der Waals surface area contributed by atoms with Crippen molar-refractivity contribution >= 4 is 13.5 Å². The minimum absolute atomic E-state index is 0.101. The monoisotopic (exact) mass is 595 g/mol. The zero-order valence-electron chi connectivity index (χ0n) is 25.8. The van der Waals surface area contributed by atoms with Gasteiger partial charge in [0.15, 0.2) is 0 Å². The second-order valence-electron chi connectivity index (χ2n) is 13.4. The van der Waals surface area contributed by atoms with Gasteiger partial charge in [-0.15, -0.1) is 0 Å². The number of hydrogen-bond donors (Lipinski definition) is 2. The van der Waals surface area contributed by atoms with Gasteiger partial charge in [-0.1, -0.05) is 63.9 Å². The van der Waals surface area contributed by atoms with E-state index in [1.807, 2.05) is 12.1 Å². The summed E-state index contributed by atoms with van der Waals surface area (Å²) in [6.45, 7) is 8.11. The minimum atomic E-state index is -4.11. The van der Waals surface area contributed by atoms with Gasteiger partial charge < -0.3 is 19.4 Å². The first-order valence-corrected chi connectivity index (χ1v) is 18.1. The van der Waals surface area contributed by atoms with Gasteiger partial charge in [-0.05, 0) is 109 Å². The summed E-state index contributed by atoms with van der Waals surface area (Å²) in [5.74, 6) is 3.13. The molecule has 2 fully saturated rings. The third-order valence-electron chi connectivity index (χ3n) is 10.6. The molecule has 0 aromatic heterocycles. The van der Waals surface area contributed by atoms with Crippen molar-refractivity contribution in [3.8, 4) is 5.75 Å². The van der Waals surface area contributed by atoms with Gasteiger partial charge >= 0.3 is 7.60 Å². The Morgan fingerprint density at radius 1 is 1.00 bits per heavy atom. The highest BCUT2D eigenvalue weighted by Gasteiger charge is 2.56. The molecular weight excluding hydrogens is 545 g/mol. The smallest absolute Gasteiger partial charge is 0.329 e. The number of unbranched alkanes of at least 4 members (excludes halogenated alkanes) is 2. The van der Waals surface area contributed by atoms with E-state index in [4.69, 9.17) is 4.74 Å². The van der Waals surface area contributed by atoms with Crippen molar-refractivity contribution in [3.63, 3.8) is 0 Å². The number of rotatable bonds is 12. The maximum absolute atomic E-state index is 13.8. The van der Waals surface area contributed by atoms with Crippen molar-refractivity contribution < 1.29 is 23.9 Å².